The minimum atomic E-state index is -0.565. The molecule has 1 N–H and O–H groups in total. The van der Waals surface area contributed by atoms with Crippen LogP contribution in [0.2, 0.25) is 10.0 Å². The van der Waals surface area contributed by atoms with E-state index in [1.807, 2.05) is 24.3 Å². The van der Waals surface area contributed by atoms with Gasteiger partial charge in [0.15, 0.2) is 6.61 Å². The molecule has 4 fully saturated rings. The number of nitrogens with zero attached hydrogens (tertiary/aromatic N) is 1. The van der Waals surface area contributed by atoms with Gasteiger partial charge >= 0.3 is 0 Å². The smallest absolute Gasteiger partial charge is 0.258 e. The predicted octanol–water partition coefficient (Wildman–Crippen LogP) is 4.46. The normalized spacial score (nSPS) is 29.1. The second kappa shape index (κ2) is 7.84. The van der Waals surface area contributed by atoms with Crippen LogP contribution in [0.4, 0.5) is 4.39 Å². The second-order valence-corrected chi connectivity index (χ2v) is 9.72. The molecule has 4 aliphatic rings. The van der Waals surface area contributed by atoms with Gasteiger partial charge in [-0.3, -0.25) is 9.69 Å². The van der Waals surface area contributed by atoms with Gasteiger partial charge in [-0.2, -0.15) is 0 Å². The molecule has 31 heavy (non-hydrogen) atoms. The van der Waals surface area contributed by atoms with Crippen LogP contribution in [0.1, 0.15) is 25.7 Å². The maximum atomic E-state index is 13.5. The van der Waals surface area contributed by atoms with Crippen molar-refractivity contribution in [2.24, 2.45) is 0 Å². The van der Waals surface area contributed by atoms with Gasteiger partial charge in [-0.15, -0.1) is 0 Å². The number of nitrogens with one attached hydrogen (secondary N) is 1. The average Bonchev–Trinajstić information content (AvgIpc) is 3.14. The van der Waals surface area contributed by atoms with Crippen LogP contribution < -0.4 is 14.8 Å². The Morgan fingerprint density at radius 1 is 1.13 bits per heavy atom. The summed E-state index contributed by atoms with van der Waals surface area (Å²) in [7, 11) is 0. The van der Waals surface area contributed by atoms with E-state index in [9.17, 15) is 9.18 Å². The van der Waals surface area contributed by atoms with Gasteiger partial charge in [0.1, 0.15) is 23.4 Å². The van der Waals surface area contributed by atoms with Crippen molar-refractivity contribution in [3.63, 3.8) is 0 Å². The SMILES string of the molecule is O=C(COc1ccc(Cl)c(F)c1)NC12CC(N3CCC(Oc4ccc(Cl)cc4)C3)(C1)C2. The Hall–Kier alpha value is -2.02. The van der Waals surface area contributed by atoms with E-state index in [0.717, 1.165) is 44.5 Å². The lowest BCUT2D eigenvalue weighted by Gasteiger charge is -2.73. The summed E-state index contributed by atoms with van der Waals surface area (Å²) in [4.78, 5) is 14.8. The molecule has 6 rings (SSSR count). The summed E-state index contributed by atoms with van der Waals surface area (Å²) in [6.07, 6.45) is 4.03. The minimum absolute atomic E-state index is 0.0266. The Labute approximate surface area is 190 Å². The van der Waals surface area contributed by atoms with Gasteiger partial charge in [0.2, 0.25) is 0 Å². The van der Waals surface area contributed by atoms with E-state index in [2.05, 4.69) is 10.2 Å². The number of likely N-dealkylation sites (tertiary alicyclic amines) is 1. The lowest BCUT2D eigenvalue weighted by atomic mass is 9.43. The zero-order valence-corrected chi connectivity index (χ0v) is 18.4. The van der Waals surface area contributed by atoms with E-state index in [-0.39, 0.29) is 40.5 Å². The first-order valence-electron chi connectivity index (χ1n) is 10.4. The highest BCUT2D eigenvalue weighted by atomic mass is 35.5. The molecule has 3 saturated carbocycles. The summed E-state index contributed by atoms with van der Waals surface area (Å²) in [5.41, 5.74) is 0.0619. The van der Waals surface area contributed by atoms with Crippen LogP contribution in [0.15, 0.2) is 42.5 Å². The molecule has 3 aliphatic carbocycles. The molecule has 0 spiro atoms. The lowest BCUT2D eigenvalue weighted by Crippen LogP contribution is -2.83. The topological polar surface area (TPSA) is 50.8 Å². The van der Waals surface area contributed by atoms with Crippen molar-refractivity contribution in [2.75, 3.05) is 19.7 Å². The van der Waals surface area contributed by atoms with E-state index >= 15 is 0 Å². The molecule has 0 aromatic heterocycles. The van der Waals surface area contributed by atoms with Gasteiger partial charge in [-0.05, 0) is 62.1 Å². The van der Waals surface area contributed by atoms with Gasteiger partial charge < -0.3 is 14.8 Å². The molecule has 1 heterocycles. The zero-order valence-electron chi connectivity index (χ0n) is 16.9. The molecule has 2 aromatic rings. The third kappa shape index (κ3) is 4.09. The molecule has 5 nitrogen and oxygen atoms in total. The van der Waals surface area contributed by atoms with Crippen LogP contribution in [-0.2, 0) is 4.79 Å². The quantitative estimate of drug-likeness (QED) is 0.657. The third-order valence-corrected chi connectivity index (χ3v) is 7.16. The highest BCUT2D eigenvalue weighted by molar-refractivity contribution is 6.30. The number of benzene rings is 2. The standard InChI is InChI=1S/C23H23Cl2FN2O3/c24-15-1-3-16(4-2-15)31-18-7-8-28(10-18)23-12-22(13-23,14-23)27-21(29)11-30-17-5-6-19(25)20(26)9-17/h1-6,9,18H,7-8,10-14H2,(H,27,29). The number of hydrogen-bond donors (Lipinski definition) is 1. The molecule has 0 radical (unpaired) electrons. The first-order chi connectivity index (χ1) is 14.8. The van der Waals surface area contributed by atoms with Gasteiger partial charge in [-0.25, -0.2) is 4.39 Å². The summed E-state index contributed by atoms with van der Waals surface area (Å²) in [5.74, 6) is 0.381. The molecule has 1 unspecified atom stereocenters. The Morgan fingerprint density at radius 3 is 2.55 bits per heavy atom. The molecule has 1 aliphatic heterocycles. The lowest BCUT2D eigenvalue weighted by molar-refractivity contribution is -0.179. The number of halogens is 3. The first-order valence-corrected chi connectivity index (χ1v) is 11.2. The second-order valence-electron chi connectivity index (χ2n) is 8.88. The van der Waals surface area contributed by atoms with E-state index in [1.54, 1.807) is 6.07 Å². The van der Waals surface area contributed by atoms with Crippen molar-refractivity contribution >= 4 is 29.1 Å². The van der Waals surface area contributed by atoms with Crippen LogP contribution in [-0.4, -0.2) is 47.7 Å². The van der Waals surface area contributed by atoms with Crippen LogP contribution in [0, 0.1) is 5.82 Å². The molecular weight excluding hydrogens is 442 g/mol. The molecule has 1 atom stereocenters. The summed E-state index contributed by atoms with van der Waals surface area (Å²) >= 11 is 11.6. The van der Waals surface area contributed by atoms with Crippen molar-refractivity contribution in [2.45, 2.75) is 42.9 Å². The van der Waals surface area contributed by atoms with Crippen LogP contribution in [0.3, 0.4) is 0 Å². The summed E-state index contributed by atoms with van der Waals surface area (Å²) in [6.45, 7) is 1.77. The number of hydrogen-bond acceptors (Lipinski definition) is 4. The monoisotopic (exact) mass is 464 g/mol. The fourth-order valence-electron chi connectivity index (χ4n) is 5.21. The van der Waals surface area contributed by atoms with E-state index in [0.29, 0.717) is 5.02 Å². The highest BCUT2D eigenvalue weighted by Gasteiger charge is 2.71. The number of rotatable bonds is 7. The Kier molecular flexibility index (Phi) is 5.27. The molecule has 2 aromatic carbocycles. The predicted molar refractivity (Wildman–Crippen MR) is 116 cm³/mol. The Balaban J connectivity index is 1.07. The largest absolute Gasteiger partial charge is 0.489 e. The van der Waals surface area contributed by atoms with Crippen molar-refractivity contribution < 1.29 is 18.7 Å². The van der Waals surface area contributed by atoms with Crippen LogP contribution in [0.25, 0.3) is 0 Å². The first kappa shape index (κ1) is 20.9. The van der Waals surface area contributed by atoms with Gasteiger partial charge in [0.05, 0.1) is 5.02 Å². The Bertz CT molecular complexity index is 981. The molecule has 164 valence electrons. The van der Waals surface area contributed by atoms with Gasteiger partial charge in [-0.1, -0.05) is 23.2 Å². The molecular formula is C23H23Cl2FN2O3. The van der Waals surface area contributed by atoms with E-state index in [1.165, 1.54) is 12.1 Å². The molecule has 2 bridgehead atoms. The third-order valence-electron chi connectivity index (χ3n) is 6.60. The van der Waals surface area contributed by atoms with Gasteiger partial charge in [0, 0.05) is 35.3 Å². The molecule has 8 heteroatoms. The van der Waals surface area contributed by atoms with Crippen molar-refractivity contribution in [1.82, 2.24) is 10.2 Å². The number of carbonyl (C=O) groups excluding carboxylic acids is 1. The van der Waals surface area contributed by atoms with Crippen molar-refractivity contribution in [3.05, 3.63) is 58.3 Å². The van der Waals surface area contributed by atoms with Crippen molar-refractivity contribution in [1.29, 1.82) is 0 Å². The number of amides is 1. The zero-order chi connectivity index (χ0) is 21.6. The Morgan fingerprint density at radius 2 is 1.84 bits per heavy atom. The molecule has 1 amide bonds. The minimum Gasteiger partial charge on any atom is -0.489 e. The highest BCUT2D eigenvalue weighted by Crippen LogP contribution is 2.64. The fraction of sp³-hybridized carbons (Fsp3) is 0.435. The van der Waals surface area contributed by atoms with E-state index < -0.39 is 5.82 Å². The van der Waals surface area contributed by atoms with E-state index in [4.69, 9.17) is 32.7 Å². The molecule has 1 saturated heterocycles. The number of ether oxygens (including phenoxy) is 2. The summed E-state index contributed by atoms with van der Waals surface area (Å²) < 4.78 is 25.0. The van der Waals surface area contributed by atoms with Crippen LogP contribution >= 0.6 is 23.2 Å². The fourth-order valence-corrected chi connectivity index (χ4v) is 5.45. The maximum Gasteiger partial charge on any atom is 0.258 e. The van der Waals surface area contributed by atoms with Crippen LogP contribution in [0.5, 0.6) is 11.5 Å². The summed E-state index contributed by atoms with van der Waals surface area (Å²) in [6, 6.07) is 11.6. The van der Waals surface area contributed by atoms with Crippen molar-refractivity contribution in [3.8, 4) is 11.5 Å². The number of carbonyl (C=O) groups is 1. The maximum absolute atomic E-state index is 13.5. The van der Waals surface area contributed by atoms with Gasteiger partial charge in [0.25, 0.3) is 5.91 Å². The average molecular weight is 465 g/mol. The summed E-state index contributed by atoms with van der Waals surface area (Å²) in [5, 5.41) is 3.83.